The Morgan fingerprint density at radius 1 is 1.12 bits per heavy atom. The van der Waals surface area contributed by atoms with E-state index in [9.17, 15) is 0 Å². The van der Waals surface area contributed by atoms with Crippen LogP contribution in [0.1, 0.15) is 32.3 Å². The Hall–Kier alpha value is -0.530. The van der Waals surface area contributed by atoms with Crippen molar-refractivity contribution < 1.29 is 0 Å². The van der Waals surface area contributed by atoms with Crippen molar-refractivity contribution in [2.45, 2.75) is 39.3 Å². The summed E-state index contributed by atoms with van der Waals surface area (Å²) in [6.07, 6.45) is 2.39. The Morgan fingerprint density at radius 3 is 2.25 bits per heavy atom. The summed E-state index contributed by atoms with van der Waals surface area (Å²) < 4.78 is 0. The van der Waals surface area contributed by atoms with Crippen molar-refractivity contribution in [2.24, 2.45) is 0 Å². The quantitative estimate of drug-likeness (QED) is 0.652. The molecule has 0 bridgehead atoms. The van der Waals surface area contributed by atoms with Crippen LogP contribution in [0.25, 0.3) is 0 Å². The van der Waals surface area contributed by atoms with E-state index < -0.39 is 0 Å². The lowest BCUT2D eigenvalue weighted by Gasteiger charge is -2.29. The maximum absolute atomic E-state index is 5.88. The standard InChI is InChI=1S/C14H22ClN/c1-3-14(4-2)16(11-10-15)12-13-8-6-5-7-9-13/h5-9,14H,3-4,10-12H2,1-2H3. The van der Waals surface area contributed by atoms with Crippen LogP contribution in [0.2, 0.25) is 0 Å². The van der Waals surface area contributed by atoms with E-state index in [0.717, 1.165) is 13.1 Å². The monoisotopic (exact) mass is 239 g/mol. The fourth-order valence-electron chi connectivity index (χ4n) is 2.12. The molecule has 1 aromatic rings. The van der Waals surface area contributed by atoms with Crippen LogP contribution in [0, 0.1) is 0 Å². The van der Waals surface area contributed by atoms with Crippen molar-refractivity contribution in [2.75, 3.05) is 12.4 Å². The number of hydrogen-bond acceptors (Lipinski definition) is 1. The van der Waals surface area contributed by atoms with Crippen molar-refractivity contribution in [1.82, 2.24) is 4.90 Å². The van der Waals surface area contributed by atoms with Crippen molar-refractivity contribution in [3.63, 3.8) is 0 Å². The van der Waals surface area contributed by atoms with Gasteiger partial charge in [-0.25, -0.2) is 0 Å². The molecular formula is C14H22ClN. The summed E-state index contributed by atoms with van der Waals surface area (Å²) in [6.45, 7) is 6.49. The van der Waals surface area contributed by atoms with E-state index in [2.05, 4.69) is 49.1 Å². The van der Waals surface area contributed by atoms with Gasteiger partial charge in [-0.05, 0) is 18.4 Å². The molecule has 0 aliphatic carbocycles. The summed E-state index contributed by atoms with van der Waals surface area (Å²) in [7, 11) is 0. The molecule has 0 saturated carbocycles. The zero-order chi connectivity index (χ0) is 11.8. The molecule has 0 aromatic heterocycles. The van der Waals surface area contributed by atoms with Crippen LogP contribution < -0.4 is 0 Å². The predicted octanol–water partition coefficient (Wildman–Crippen LogP) is 3.92. The molecule has 0 fully saturated rings. The molecular weight excluding hydrogens is 218 g/mol. The van der Waals surface area contributed by atoms with E-state index >= 15 is 0 Å². The first-order valence-electron chi connectivity index (χ1n) is 6.15. The molecule has 0 amide bonds. The maximum atomic E-state index is 5.88. The highest BCUT2D eigenvalue weighted by molar-refractivity contribution is 6.18. The maximum Gasteiger partial charge on any atom is 0.0351 e. The average Bonchev–Trinajstić information content (AvgIpc) is 2.32. The number of halogens is 1. The minimum Gasteiger partial charge on any atom is -0.295 e. The molecule has 0 aliphatic heterocycles. The second-order valence-electron chi connectivity index (χ2n) is 4.12. The second-order valence-corrected chi connectivity index (χ2v) is 4.49. The fraction of sp³-hybridized carbons (Fsp3) is 0.571. The van der Waals surface area contributed by atoms with Gasteiger partial charge in [0.05, 0.1) is 0 Å². The Bertz CT molecular complexity index is 269. The van der Waals surface area contributed by atoms with Crippen LogP contribution in [0.4, 0.5) is 0 Å². The third-order valence-electron chi connectivity index (χ3n) is 3.06. The minimum absolute atomic E-state index is 0.652. The number of benzene rings is 1. The van der Waals surface area contributed by atoms with E-state index in [1.165, 1.54) is 18.4 Å². The summed E-state index contributed by atoms with van der Waals surface area (Å²) >= 11 is 5.88. The van der Waals surface area contributed by atoms with E-state index in [1.54, 1.807) is 0 Å². The number of hydrogen-bond donors (Lipinski definition) is 0. The van der Waals surface area contributed by atoms with Gasteiger partial charge in [-0.3, -0.25) is 4.90 Å². The highest BCUT2D eigenvalue weighted by Crippen LogP contribution is 2.13. The van der Waals surface area contributed by atoms with Crippen LogP contribution in [0.15, 0.2) is 30.3 Å². The molecule has 2 heteroatoms. The molecule has 1 aromatic carbocycles. The molecule has 0 spiro atoms. The number of rotatable bonds is 7. The molecule has 0 atom stereocenters. The van der Waals surface area contributed by atoms with Crippen molar-refractivity contribution in [3.8, 4) is 0 Å². The first kappa shape index (κ1) is 13.5. The van der Waals surface area contributed by atoms with Crippen molar-refractivity contribution in [3.05, 3.63) is 35.9 Å². The summed E-state index contributed by atoms with van der Waals surface area (Å²) in [5, 5.41) is 0. The molecule has 0 N–H and O–H groups in total. The van der Waals surface area contributed by atoms with Crippen molar-refractivity contribution in [1.29, 1.82) is 0 Å². The molecule has 0 radical (unpaired) electrons. The topological polar surface area (TPSA) is 3.24 Å². The predicted molar refractivity (Wildman–Crippen MR) is 71.9 cm³/mol. The van der Waals surface area contributed by atoms with Gasteiger partial charge >= 0.3 is 0 Å². The lowest BCUT2D eigenvalue weighted by Crippen LogP contribution is -2.35. The minimum atomic E-state index is 0.652. The highest BCUT2D eigenvalue weighted by Gasteiger charge is 2.14. The summed E-state index contributed by atoms with van der Waals surface area (Å²) in [5.74, 6) is 0.712. The molecule has 0 heterocycles. The fourth-order valence-corrected chi connectivity index (χ4v) is 2.34. The SMILES string of the molecule is CCC(CC)N(CCCl)Cc1ccccc1. The molecule has 90 valence electrons. The van der Waals surface area contributed by atoms with E-state index in [4.69, 9.17) is 11.6 Å². The zero-order valence-corrected chi connectivity index (χ0v) is 11.1. The van der Waals surface area contributed by atoms with E-state index in [0.29, 0.717) is 11.9 Å². The number of alkyl halides is 1. The van der Waals surface area contributed by atoms with Gasteiger partial charge in [0, 0.05) is 25.0 Å². The van der Waals surface area contributed by atoms with Crippen LogP contribution in [0.5, 0.6) is 0 Å². The van der Waals surface area contributed by atoms with Gasteiger partial charge in [-0.1, -0.05) is 44.2 Å². The van der Waals surface area contributed by atoms with Crippen LogP contribution in [0.3, 0.4) is 0 Å². The summed E-state index contributed by atoms with van der Waals surface area (Å²) in [5.41, 5.74) is 1.37. The van der Waals surface area contributed by atoms with Gasteiger partial charge in [0.1, 0.15) is 0 Å². The third-order valence-corrected chi connectivity index (χ3v) is 3.23. The molecule has 0 unspecified atom stereocenters. The second kappa shape index (κ2) is 7.70. The highest BCUT2D eigenvalue weighted by atomic mass is 35.5. The lowest BCUT2D eigenvalue weighted by molar-refractivity contribution is 0.188. The molecule has 0 saturated heterocycles. The first-order chi connectivity index (χ1) is 7.81. The first-order valence-corrected chi connectivity index (χ1v) is 6.69. The van der Waals surface area contributed by atoms with Crippen molar-refractivity contribution >= 4 is 11.6 Å². The van der Waals surface area contributed by atoms with Crippen LogP contribution in [-0.4, -0.2) is 23.4 Å². The summed E-state index contributed by atoms with van der Waals surface area (Å²) in [4.78, 5) is 2.49. The molecule has 0 aliphatic rings. The Labute approximate surface area is 104 Å². The normalized spacial score (nSPS) is 11.3. The van der Waals surface area contributed by atoms with Crippen LogP contribution in [-0.2, 0) is 6.54 Å². The lowest BCUT2D eigenvalue weighted by atomic mass is 10.1. The van der Waals surface area contributed by atoms with Gasteiger partial charge in [0.25, 0.3) is 0 Å². The van der Waals surface area contributed by atoms with Gasteiger partial charge in [-0.2, -0.15) is 0 Å². The smallest absolute Gasteiger partial charge is 0.0351 e. The van der Waals surface area contributed by atoms with Crippen LogP contribution >= 0.6 is 11.6 Å². The van der Waals surface area contributed by atoms with Gasteiger partial charge in [0.15, 0.2) is 0 Å². The van der Waals surface area contributed by atoms with Gasteiger partial charge in [0.2, 0.25) is 0 Å². The average molecular weight is 240 g/mol. The van der Waals surface area contributed by atoms with E-state index in [1.807, 2.05) is 0 Å². The van der Waals surface area contributed by atoms with E-state index in [-0.39, 0.29) is 0 Å². The molecule has 1 nitrogen and oxygen atoms in total. The largest absolute Gasteiger partial charge is 0.295 e. The Morgan fingerprint density at radius 2 is 1.75 bits per heavy atom. The Balaban J connectivity index is 2.63. The van der Waals surface area contributed by atoms with Gasteiger partial charge in [-0.15, -0.1) is 11.6 Å². The molecule has 16 heavy (non-hydrogen) atoms. The van der Waals surface area contributed by atoms with Gasteiger partial charge < -0.3 is 0 Å². The third kappa shape index (κ3) is 4.15. The molecule has 1 rings (SSSR count). The summed E-state index contributed by atoms with van der Waals surface area (Å²) in [6, 6.07) is 11.3. The zero-order valence-electron chi connectivity index (χ0n) is 10.3. The Kier molecular flexibility index (Phi) is 6.51. The number of nitrogens with zero attached hydrogens (tertiary/aromatic N) is 1.